The lowest BCUT2D eigenvalue weighted by Gasteiger charge is -2.19. The second-order valence-corrected chi connectivity index (χ2v) is 6.53. The van der Waals surface area contributed by atoms with Gasteiger partial charge in [0, 0.05) is 12.6 Å². The molecule has 3 N–H and O–H groups in total. The van der Waals surface area contributed by atoms with Gasteiger partial charge in [-0.05, 0) is 50.3 Å². The summed E-state index contributed by atoms with van der Waals surface area (Å²) in [5.74, 6) is 2.23. The standard InChI is InChI=1S/C19H33N3O2/c1-6-20-19(22-15(4)8-7-14(2)3)21-13-18(23)16-9-11-17(24-5)12-10-16/h9-12,14-15,18,23H,6-8,13H2,1-5H3,(H2,20,21,22). The normalized spacial score (nSPS) is 14.4. The summed E-state index contributed by atoms with van der Waals surface area (Å²) in [4.78, 5) is 4.51. The zero-order valence-electron chi connectivity index (χ0n) is 15.7. The van der Waals surface area contributed by atoms with Crippen LogP contribution in [0.2, 0.25) is 0 Å². The molecule has 0 aliphatic rings. The summed E-state index contributed by atoms with van der Waals surface area (Å²) in [7, 11) is 1.63. The average molecular weight is 335 g/mol. The van der Waals surface area contributed by atoms with E-state index < -0.39 is 6.10 Å². The third kappa shape index (κ3) is 7.68. The molecule has 1 aromatic rings. The van der Waals surface area contributed by atoms with Crippen LogP contribution in [-0.2, 0) is 0 Å². The average Bonchev–Trinajstić information content (AvgIpc) is 2.57. The highest BCUT2D eigenvalue weighted by Crippen LogP contribution is 2.17. The van der Waals surface area contributed by atoms with Crippen LogP contribution in [0.1, 0.15) is 52.2 Å². The Hall–Kier alpha value is -1.75. The van der Waals surface area contributed by atoms with Crippen LogP contribution in [0.25, 0.3) is 0 Å². The number of nitrogens with zero attached hydrogens (tertiary/aromatic N) is 1. The van der Waals surface area contributed by atoms with Crippen LogP contribution in [0.15, 0.2) is 29.3 Å². The van der Waals surface area contributed by atoms with E-state index in [2.05, 4.69) is 36.4 Å². The molecule has 2 unspecified atom stereocenters. The first-order valence-corrected chi connectivity index (χ1v) is 8.83. The molecule has 0 spiro atoms. The highest BCUT2D eigenvalue weighted by Gasteiger charge is 2.10. The Kier molecular flexibility index (Phi) is 9.23. The quantitative estimate of drug-likeness (QED) is 0.479. The van der Waals surface area contributed by atoms with Gasteiger partial charge in [0.25, 0.3) is 0 Å². The van der Waals surface area contributed by atoms with Gasteiger partial charge in [-0.15, -0.1) is 0 Å². The monoisotopic (exact) mass is 335 g/mol. The lowest BCUT2D eigenvalue weighted by molar-refractivity contribution is 0.187. The largest absolute Gasteiger partial charge is 0.497 e. The number of aliphatic hydroxyl groups excluding tert-OH is 1. The fraction of sp³-hybridized carbons (Fsp3) is 0.632. The van der Waals surface area contributed by atoms with E-state index in [1.807, 2.05) is 31.2 Å². The first-order chi connectivity index (χ1) is 11.5. The number of benzene rings is 1. The molecule has 0 saturated heterocycles. The number of aliphatic imine (C=N–C) groups is 1. The van der Waals surface area contributed by atoms with Crippen LogP contribution < -0.4 is 15.4 Å². The molecule has 0 heterocycles. The van der Waals surface area contributed by atoms with Crippen LogP contribution in [-0.4, -0.2) is 37.3 Å². The number of guanidine groups is 1. The number of nitrogens with one attached hydrogen (secondary N) is 2. The van der Waals surface area contributed by atoms with Crippen molar-refractivity contribution in [2.45, 2.75) is 52.7 Å². The predicted octanol–water partition coefficient (Wildman–Crippen LogP) is 3.11. The lowest BCUT2D eigenvalue weighted by atomic mass is 10.0. The summed E-state index contributed by atoms with van der Waals surface area (Å²) < 4.78 is 5.13. The van der Waals surface area contributed by atoms with Gasteiger partial charge in [0.2, 0.25) is 0 Å². The van der Waals surface area contributed by atoms with Gasteiger partial charge in [0.1, 0.15) is 5.75 Å². The molecule has 0 radical (unpaired) electrons. The van der Waals surface area contributed by atoms with E-state index >= 15 is 0 Å². The zero-order chi connectivity index (χ0) is 17.9. The van der Waals surface area contributed by atoms with E-state index in [-0.39, 0.29) is 0 Å². The molecule has 1 aromatic carbocycles. The minimum Gasteiger partial charge on any atom is -0.497 e. The molecule has 0 aliphatic heterocycles. The number of ether oxygens (including phenoxy) is 1. The van der Waals surface area contributed by atoms with Crippen molar-refractivity contribution >= 4 is 5.96 Å². The molecule has 0 bridgehead atoms. The summed E-state index contributed by atoms with van der Waals surface area (Å²) in [6.45, 7) is 9.78. The van der Waals surface area contributed by atoms with E-state index in [1.54, 1.807) is 7.11 Å². The van der Waals surface area contributed by atoms with Crippen LogP contribution in [0.5, 0.6) is 5.75 Å². The van der Waals surface area contributed by atoms with Gasteiger partial charge in [-0.2, -0.15) is 0 Å². The first kappa shape index (κ1) is 20.3. The van der Waals surface area contributed by atoms with Crippen LogP contribution in [0.3, 0.4) is 0 Å². The third-order valence-electron chi connectivity index (χ3n) is 3.83. The second-order valence-electron chi connectivity index (χ2n) is 6.53. The van der Waals surface area contributed by atoms with Crippen molar-refractivity contribution in [1.29, 1.82) is 0 Å². The van der Waals surface area contributed by atoms with E-state index in [1.165, 1.54) is 6.42 Å². The maximum absolute atomic E-state index is 10.3. The molecule has 0 aliphatic carbocycles. The molecule has 0 aromatic heterocycles. The molecule has 5 nitrogen and oxygen atoms in total. The van der Waals surface area contributed by atoms with Crippen LogP contribution in [0, 0.1) is 5.92 Å². The Morgan fingerprint density at radius 1 is 1.17 bits per heavy atom. The molecule has 2 atom stereocenters. The Balaban J connectivity index is 2.59. The highest BCUT2D eigenvalue weighted by atomic mass is 16.5. The molecule has 0 saturated carbocycles. The second kappa shape index (κ2) is 10.9. The molecule has 24 heavy (non-hydrogen) atoms. The van der Waals surface area contributed by atoms with Crippen molar-refractivity contribution in [2.75, 3.05) is 20.2 Å². The highest BCUT2D eigenvalue weighted by molar-refractivity contribution is 5.80. The van der Waals surface area contributed by atoms with Crippen LogP contribution >= 0.6 is 0 Å². The molecule has 5 heteroatoms. The van der Waals surface area contributed by atoms with Gasteiger partial charge in [0.05, 0.1) is 19.8 Å². The van der Waals surface area contributed by atoms with E-state index in [0.29, 0.717) is 18.5 Å². The summed E-state index contributed by atoms with van der Waals surface area (Å²) in [6, 6.07) is 7.78. The van der Waals surface area contributed by atoms with E-state index in [9.17, 15) is 5.11 Å². The van der Waals surface area contributed by atoms with Gasteiger partial charge >= 0.3 is 0 Å². The summed E-state index contributed by atoms with van der Waals surface area (Å²) in [6.07, 6.45) is 1.66. The van der Waals surface area contributed by atoms with Gasteiger partial charge in [-0.25, -0.2) is 0 Å². The maximum atomic E-state index is 10.3. The van der Waals surface area contributed by atoms with Crippen molar-refractivity contribution in [3.63, 3.8) is 0 Å². The van der Waals surface area contributed by atoms with Gasteiger partial charge < -0.3 is 20.5 Å². The van der Waals surface area contributed by atoms with Gasteiger partial charge in [-0.1, -0.05) is 26.0 Å². The van der Waals surface area contributed by atoms with Crippen molar-refractivity contribution in [1.82, 2.24) is 10.6 Å². The van der Waals surface area contributed by atoms with Gasteiger partial charge in [0.15, 0.2) is 5.96 Å². The van der Waals surface area contributed by atoms with Gasteiger partial charge in [-0.3, -0.25) is 4.99 Å². The molecule has 1 rings (SSSR count). The van der Waals surface area contributed by atoms with Crippen molar-refractivity contribution in [2.24, 2.45) is 10.9 Å². The van der Waals surface area contributed by atoms with Crippen molar-refractivity contribution < 1.29 is 9.84 Å². The Morgan fingerprint density at radius 3 is 2.38 bits per heavy atom. The fourth-order valence-electron chi connectivity index (χ4n) is 2.32. The smallest absolute Gasteiger partial charge is 0.191 e. The first-order valence-electron chi connectivity index (χ1n) is 8.83. The third-order valence-corrected chi connectivity index (χ3v) is 3.83. The van der Waals surface area contributed by atoms with Crippen molar-refractivity contribution in [3.8, 4) is 5.75 Å². The Bertz CT molecular complexity index is 486. The molecular formula is C19H33N3O2. The number of hydrogen-bond acceptors (Lipinski definition) is 3. The Labute approximate surface area is 146 Å². The number of hydrogen-bond donors (Lipinski definition) is 3. The SMILES string of the molecule is CCNC(=NCC(O)c1ccc(OC)cc1)NC(C)CCC(C)C. The molecule has 0 amide bonds. The summed E-state index contributed by atoms with van der Waals surface area (Å²) >= 11 is 0. The minimum absolute atomic E-state index is 0.318. The molecule has 136 valence electrons. The summed E-state index contributed by atoms with van der Waals surface area (Å²) in [5.41, 5.74) is 0.836. The Morgan fingerprint density at radius 2 is 1.83 bits per heavy atom. The van der Waals surface area contributed by atoms with Crippen LogP contribution in [0.4, 0.5) is 0 Å². The number of methoxy groups -OCH3 is 1. The van der Waals surface area contributed by atoms with E-state index in [0.717, 1.165) is 30.2 Å². The number of rotatable bonds is 9. The lowest BCUT2D eigenvalue weighted by Crippen LogP contribution is -2.42. The minimum atomic E-state index is -0.627. The predicted molar refractivity (Wildman–Crippen MR) is 101 cm³/mol. The number of aliphatic hydroxyl groups is 1. The topological polar surface area (TPSA) is 65.9 Å². The van der Waals surface area contributed by atoms with E-state index in [4.69, 9.17) is 4.74 Å². The zero-order valence-corrected chi connectivity index (χ0v) is 15.7. The molecular weight excluding hydrogens is 302 g/mol. The maximum Gasteiger partial charge on any atom is 0.191 e. The summed E-state index contributed by atoms with van der Waals surface area (Å²) in [5, 5.41) is 16.9. The van der Waals surface area contributed by atoms with Crippen molar-refractivity contribution in [3.05, 3.63) is 29.8 Å². The fourth-order valence-corrected chi connectivity index (χ4v) is 2.32. The molecule has 0 fully saturated rings.